The summed E-state index contributed by atoms with van der Waals surface area (Å²) in [6, 6.07) is -0.676. The fraction of sp³-hybridized carbons (Fsp3) is 0.812. The first kappa shape index (κ1) is 18.5. The molecule has 24 heavy (non-hydrogen) atoms. The van der Waals surface area contributed by atoms with Crippen LogP contribution in [-0.2, 0) is 9.59 Å². The average Bonchev–Trinajstić information content (AvgIpc) is 2.50. The summed E-state index contributed by atoms with van der Waals surface area (Å²) in [5, 5.41) is 18.8. The van der Waals surface area contributed by atoms with Crippen LogP contribution in [0.1, 0.15) is 33.1 Å². The molecule has 1 unspecified atom stereocenters. The first-order chi connectivity index (χ1) is 11.3. The summed E-state index contributed by atoms with van der Waals surface area (Å²) in [7, 11) is 0. The topological polar surface area (TPSA) is 101 Å². The molecule has 2 rings (SSSR count). The van der Waals surface area contributed by atoms with E-state index in [1.807, 2.05) is 6.92 Å². The number of carbonyl (C=O) groups excluding carboxylic acids is 2. The molecule has 2 aliphatic rings. The number of likely N-dealkylation sites (tertiary alicyclic amines) is 1. The van der Waals surface area contributed by atoms with Gasteiger partial charge in [-0.15, -0.1) is 0 Å². The summed E-state index contributed by atoms with van der Waals surface area (Å²) in [5.41, 5.74) is 0. The van der Waals surface area contributed by atoms with E-state index in [0.29, 0.717) is 51.5 Å². The highest BCUT2D eigenvalue weighted by atomic mass is 16.4. The smallest absolute Gasteiger partial charge is 0.408 e. The molecule has 2 heterocycles. The number of β-amino-alcohol motifs (C(OH)–C–C–N with tert-alkyl or cyclic N) is 1. The van der Waals surface area contributed by atoms with Crippen LogP contribution in [0.2, 0.25) is 0 Å². The Balaban J connectivity index is 1.77. The van der Waals surface area contributed by atoms with Gasteiger partial charge in [-0.05, 0) is 25.7 Å². The van der Waals surface area contributed by atoms with Crippen LogP contribution in [0.25, 0.3) is 0 Å². The zero-order chi connectivity index (χ0) is 17.9. The summed E-state index contributed by atoms with van der Waals surface area (Å²) in [4.78, 5) is 39.9. The first-order valence-corrected chi connectivity index (χ1v) is 8.53. The maximum atomic E-state index is 12.2. The number of carbonyl (C=O) groups is 3. The minimum Gasteiger partial charge on any atom is -0.465 e. The molecule has 136 valence electrons. The van der Waals surface area contributed by atoms with Gasteiger partial charge in [0.1, 0.15) is 6.04 Å². The number of aliphatic hydroxyl groups excluding tert-OH is 1. The van der Waals surface area contributed by atoms with Crippen LogP contribution < -0.4 is 0 Å². The van der Waals surface area contributed by atoms with Crippen molar-refractivity contribution in [2.45, 2.75) is 45.3 Å². The highest BCUT2D eigenvalue weighted by molar-refractivity contribution is 5.86. The normalized spacial score (nSPS) is 28.2. The zero-order valence-corrected chi connectivity index (χ0v) is 14.3. The van der Waals surface area contributed by atoms with Gasteiger partial charge in [-0.3, -0.25) is 14.5 Å². The number of carboxylic acid groups (broad SMARTS) is 1. The summed E-state index contributed by atoms with van der Waals surface area (Å²) in [5.74, 6) is 0.0904. The van der Waals surface area contributed by atoms with Crippen molar-refractivity contribution in [1.82, 2.24) is 14.7 Å². The van der Waals surface area contributed by atoms with Crippen LogP contribution in [0.3, 0.4) is 0 Å². The number of piperidine rings is 1. The Morgan fingerprint density at radius 2 is 1.92 bits per heavy atom. The lowest BCUT2D eigenvalue weighted by atomic mass is 9.97. The summed E-state index contributed by atoms with van der Waals surface area (Å²) >= 11 is 0. The van der Waals surface area contributed by atoms with Gasteiger partial charge in [0, 0.05) is 39.1 Å². The van der Waals surface area contributed by atoms with Gasteiger partial charge >= 0.3 is 6.09 Å². The third kappa shape index (κ3) is 4.37. The molecule has 3 amide bonds. The van der Waals surface area contributed by atoms with Crippen molar-refractivity contribution in [3.8, 4) is 0 Å². The Labute approximate surface area is 142 Å². The van der Waals surface area contributed by atoms with Gasteiger partial charge in [-0.1, -0.05) is 6.92 Å². The monoisotopic (exact) mass is 341 g/mol. The van der Waals surface area contributed by atoms with E-state index >= 15 is 0 Å². The number of nitrogens with zero attached hydrogens (tertiary/aromatic N) is 3. The van der Waals surface area contributed by atoms with Crippen LogP contribution in [-0.4, -0.2) is 87.7 Å². The minimum absolute atomic E-state index is 0.00488. The molecule has 0 aromatic heterocycles. The van der Waals surface area contributed by atoms with Gasteiger partial charge < -0.3 is 20.0 Å². The fourth-order valence-corrected chi connectivity index (χ4v) is 3.51. The van der Waals surface area contributed by atoms with Crippen LogP contribution >= 0.6 is 0 Å². The molecule has 0 bridgehead atoms. The number of hydrogen-bond donors (Lipinski definition) is 2. The van der Waals surface area contributed by atoms with Crippen molar-refractivity contribution in [2.75, 3.05) is 32.7 Å². The molecule has 8 nitrogen and oxygen atoms in total. The maximum absolute atomic E-state index is 12.2. The lowest BCUT2D eigenvalue weighted by molar-refractivity contribution is -0.141. The van der Waals surface area contributed by atoms with E-state index in [-0.39, 0.29) is 11.8 Å². The Morgan fingerprint density at radius 1 is 1.21 bits per heavy atom. The Kier molecular flexibility index (Phi) is 6.04. The summed E-state index contributed by atoms with van der Waals surface area (Å²) in [6.45, 7) is 5.78. The predicted octanol–water partition coefficient (Wildman–Crippen LogP) is 0.207. The van der Waals surface area contributed by atoms with Crippen LogP contribution in [0, 0.1) is 5.92 Å². The molecule has 8 heteroatoms. The third-order valence-corrected chi connectivity index (χ3v) is 4.80. The Bertz CT molecular complexity index is 488. The molecular weight excluding hydrogens is 314 g/mol. The van der Waals surface area contributed by atoms with Crippen LogP contribution in [0.5, 0.6) is 0 Å². The molecule has 0 aromatic rings. The second-order valence-electron chi connectivity index (χ2n) is 6.87. The fourth-order valence-electron chi connectivity index (χ4n) is 3.51. The minimum atomic E-state index is -1.08. The van der Waals surface area contributed by atoms with Crippen molar-refractivity contribution in [3.63, 3.8) is 0 Å². The molecule has 0 radical (unpaired) electrons. The molecule has 0 aromatic carbocycles. The quantitative estimate of drug-likeness (QED) is 0.761. The van der Waals surface area contributed by atoms with Gasteiger partial charge in [-0.25, -0.2) is 4.79 Å². The van der Waals surface area contributed by atoms with Gasteiger partial charge in [-0.2, -0.15) is 0 Å². The third-order valence-electron chi connectivity index (χ3n) is 4.80. The molecule has 0 aliphatic carbocycles. The summed E-state index contributed by atoms with van der Waals surface area (Å²) in [6.07, 6.45) is 0.0722. The standard InChI is InChI=1S/C16H27N3O5/c1-11-8-13(20)10-18(9-11)14(21)4-3-5-17-6-7-19(16(23)24)12(2)15(17)22/h11-13,20H,3-10H2,1-2H3,(H,23,24)/t11-,12?,13-/m0/s1. The Morgan fingerprint density at radius 3 is 2.54 bits per heavy atom. The van der Waals surface area contributed by atoms with Crippen LogP contribution in [0.4, 0.5) is 4.79 Å². The van der Waals surface area contributed by atoms with Crippen molar-refractivity contribution in [2.24, 2.45) is 5.92 Å². The molecule has 2 saturated heterocycles. The van der Waals surface area contributed by atoms with E-state index in [9.17, 15) is 19.5 Å². The van der Waals surface area contributed by atoms with E-state index in [2.05, 4.69) is 0 Å². The Hall–Kier alpha value is -1.83. The average molecular weight is 341 g/mol. The van der Waals surface area contributed by atoms with Crippen molar-refractivity contribution < 1.29 is 24.6 Å². The number of amides is 3. The van der Waals surface area contributed by atoms with Gasteiger partial charge in [0.05, 0.1) is 6.10 Å². The van der Waals surface area contributed by atoms with Gasteiger partial charge in [0.15, 0.2) is 0 Å². The van der Waals surface area contributed by atoms with E-state index in [4.69, 9.17) is 5.11 Å². The number of hydrogen-bond acceptors (Lipinski definition) is 4. The van der Waals surface area contributed by atoms with Gasteiger partial charge in [0.25, 0.3) is 0 Å². The highest BCUT2D eigenvalue weighted by Crippen LogP contribution is 2.18. The SMILES string of the molecule is CC1C(=O)N(CCCC(=O)N2C[C@@H](C)C[C@H](O)C2)CCN1C(=O)O. The maximum Gasteiger partial charge on any atom is 0.408 e. The van der Waals surface area contributed by atoms with Crippen molar-refractivity contribution >= 4 is 17.9 Å². The molecule has 3 atom stereocenters. The largest absolute Gasteiger partial charge is 0.465 e. The zero-order valence-electron chi connectivity index (χ0n) is 14.3. The van der Waals surface area contributed by atoms with Crippen LogP contribution in [0.15, 0.2) is 0 Å². The molecule has 0 spiro atoms. The predicted molar refractivity (Wildman–Crippen MR) is 86.4 cm³/mol. The van der Waals surface area contributed by atoms with Crippen molar-refractivity contribution in [1.29, 1.82) is 0 Å². The molecular formula is C16H27N3O5. The summed E-state index contributed by atoms with van der Waals surface area (Å²) < 4.78 is 0. The highest BCUT2D eigenvalue weighted by Gasteiger charge is 2.34. The van der Waals surface area contributed by atoms with E-state index in [1.54, 1.807) is 16.7 Å². The number of rotatable bonds is 4. The molecule has 2 aliphatic heterocycles. The molecule has 0 saturated carbocycles. The van der Waals surface area contributed by atoms with E-state index in [0.717, 1.165) is 11.3 Å². The number of piperazine rings is 1. The second kappa shape index (κ2) is 7.83. The lowest BCUT2D eigenvalue weighted by Crippen LogP contribution is -2.57. The van der Waals surface area contributed by atoms with E-state index < -0.39 is 18.2 Å². The second-order valence-corrected chi connectivity index (χ2v) is 6.87. The molecule has 2 N–H and O–H groups in total. The van der Waals surface area contributed by atoms with E-state index in [1.165, 1.54) is 0 Å². The van der Waals surface area contributed by atoms with Gasteiger partial charge in [0.2, 0.25) is 11.8 Å². The number of aliphatic hydroxyl groups is 1. The first-order valence-electron chi connectivity index (χ1n) is 8.53. The van der Waals surface area contributed by atoms with Crippen molar-refractivity contribution in [3.05, 3.63) is 0 Å². The molecule has 2 fully saturated rings. The lowest BCUT2D eigenvalue weighted by Gasteiger charge is -2.37.